The van der Waals surface area contributed by atoms with E-state index in [-0.39, 0.29) is 17.4 Å². The van der Waals surface area contributed by atoms with Crippen molar-refractivity contribution in [2.75, 3.05) is 26.3 Å². The lowest BCUT2D eigenvalue weighted by Crippen LogP contribution is -2.57. The smallest absolute Gasteiger partial charge is 0.255 e. The van der Waals surface area contributed by atoms with Crippen molar-refractivity contribution in [1.82, 2.24) is 15.2 Å². The van der Waals surface area contributed by atoms with Crippen LogP contribution in [0.2, 0.25) is 0 Å². The largest absolute Gasteiger partial charge is 0.379 e. The molecule has 1 fully saturated rings. The van der Waals surface area contributed by atoms with Crippen LogP contribution in [-0.4, -0.2) is 53.5 Å². The highest BCUT2D eigenvalue weighted by Gasteiger charge is 2.36. The minimum atomic E-state index is -1.20. The molecule has 2 aromatic carbocycles. The van der Waals surface area contributed by atoms with Crippen LogP contribution in [0.25, 0.3) is 10.9 Å². The molecule has 7 heteroatoms. The molecule has 1 aliphatic heterocycles. The number of carbonyl (C=O) groups is 2. The Kier molecular flexibility index (Phi) is 6.70. The Balaban J connectivity index is 1.47. The van der Waals surface area contributed by atoms with Crippen molar-refractivity contribution >= 4 is 22.7 Å². The third-order valence-corrected chi connectivity index (χ3v) is 5.93. The van der Waals surface area contributed by atoms with E-state index in [1.54, 1.807) is 31.0 Å². The maximum atomic E-state index is 14.0. The molecular formula is C26H28FN3O3. The molecule has 1 saturated heterocycles. The van der Waals surface area contributed by atoms with Crippen LogP contribution in [0.5, 0.6) is 0 Å². The molecule has 2 amide bonds. The lowest BCUT2D eigenvalue weighted by molar-refractivity contribution is -0.137. The van der Waals surface area contributed by atoms with Crippen LogP contribution in [0.4, 0.5) is 4.39 Å². The summed E-state index contributed by atoms with van der Waals surface area (Å²) in [5.74, 6) is -1.37. The predicted molar refractivity (Wildman–Crippen MR) is 124 cm³/mol. The topological polar surface area (TPSA) is 71.5 Å². The average Bonchev–Trinajstić information content (AvgIpc) is 3.04. The number of halogens is 1. The second-order valence-corrected chi connectivity index (χ2v) is 8.95. The fraction of sp³-hybridized carbons (Fsp3) is 0.346. The van der Waals surface area contributed by atoms with Gasteiger partial charge in [0, 0.05) is 30.6 Å². The number of carbonyl (C=O) groups excluding carboxylic acids is 2. The Morgan fingerprint density at radius 3 is 2.76 bits per heavy atom. The Morgan fingerprint density at radius 1 is 1.15 bits per heavy atom. The molecule has 0 aliphatic carbocycles. The number of hydrogen-bond donors (Lipinski definition) is 1. The minimum Gasteiger partial charge on any atom is -0.379 e. The van der Waals surface area contributed by atoms with Crippen LogP contribution >= 0.6 is 0 Å². The molecule has 6 nitrogen and oxygen atoms in total. The first kappa shape index (κ1) is 22.9. The molecule has 1 N–H and O–H groups in total. The van der Waals surface area contributed by atoms with Crippen LogP contribution in [-0.2, 0) is 16.0 Å². The molecule has 3 aromatic rings. The number of rotatable bonds is 5. The van der Waals surface area contributed by atoms with E-state index < -0.39 is 17.3 Å². The summed E-state index contributed by atoms with van der Waals surface area (Å²) in [6, 6.07) is 15.8. The molecule has 0 radical (unpaired) electrons. The van der Waals surface area contributed by atoms with Crippen LogP contribution in [0.3, 0.4) is 0 Å². The Bertz CT molecular complexity index is 1160. The lowest BCUT2D eigenvalue weighted by atomic mass is 9.96. The molecule has 4 rings (SSSR count). The van der Waals surface area contributed by atoms with E-state index in [1.807, 2.05) is 24.3 Å². The molecule has 0 spiro atoms. The Morgan fingerprint density at radius 2 is 1.94 bits per heavy atom. The van der Waals surface area contributed by atoms with E-state index >= 15 is 0 Å². The van der Waals surface area contributed by atoms with Crippen molar-refractivity contribution in [3.05, 3.63) is 77.7 Å². The fourth-order valence-corrected chi connectivity index (χ4v) is 4.28. The number of pyridine rings is 1. The van der Waals surface area contributed by atoms with E-state index in [0.717, 1.165) is 22.9 Å². The molecule has 0 saturated carbocycles. The van der Waals surface area contributed by atoms with Gasteiger partial charge in [-0.2, -0.15) is 0 Å². The highest BCUT2D eigenvalue weighted by molar-refractivity contribution is 5.99. The molecular weight excluding hydrogens is 421 g/mol. The summed E-state index contributed by atoms with van der Waals surface area (Å²) < 4.78 is 19.8. The van der Waals surface area contributed by atoms with E-state index in [9.17, 15) is 14.0 Å². The van der Waals surface area contributed by atoms with Crippen molar-refractivity contribution < 1.29 is 18.7 Å². The number of fused-ring (bicyclic) bond motifs is 1. The number of benzene rings is 2. The number of hydrogen-bond acceptors (Lipinski definition) is 4. The van der Waals surface area contributed by atoms with Gasteiger partial charge in [0.05, 0.1) is 24.3 Å². The summed E-state index contributed by atoms with van der Waals surface area (Å²) in [4.78, 5) is 32.3. The normalized spacial score (nSPS) is 16.9. The average molecular weight is 450 g/mol. The molecule has 33 heavy (non-hydrogen) atoms. The number of ether oxygens (including phenoxy) is 1. The Hall–Kier alpha value is -3.32. The molecule has 1 aliphatic rings. The first-order valence-electron chi connectivity index (χ1n) is 11.1. The third-order valence-electron chi connectivity index (χ3n) is 5.93. The highest BCUT2D eigenvalue weighted by Crippen LogP contribution is 2.22. The van der Waals surface area contributed by atoms with Gasteiger partial charge in [-0.15, -0.1) is 0 Å². The molecule has 1 aromatic heterocycles. The van der Waals surface area contributed by atoms with Gasteiger partial charge in [0.1, 0.15) is 11.4 Å². The number of nitrogens with zero attached hydrogens (tertiary/aromatic N) is 2. The summed E-state index contributed by atoms with van der Waals surface area (Å²) in [6.45, 7) is 5.18. The van der Waals surface area contributed by atoms with Gasteiger partial charge in [0.15, 0.2) is 0 Å². The number of nitrogens with one attached hydrogen (secondary N) is 1. The predicted octanol–water partition coefficient (Wildman–Crippen LogP) is 3.60. The quantitative estimate of drug-likeness (QED) is 0.646. The zero-order valence-electron chi connectivity index (χ0n) is 18.9. The SMILES string of the molecule is CC(C)(NC(=O)c1ccccc1F)C(=O)N1CCOC[C@@H](Cc2cccc3cccnc23)C1. The summed E-state index contributed by atoms with van der Waals surface area (Å²) >= 11 is 0. The van der Waals surface area contributed by atoms with Crippen LogP contribution in [0.1, 0.15) is 29.8 Å². The van der Waals surface area contributed by atoms with Gasteiger partial charge in [-0.05, 0) is 44.0 Å². The van der Waals surface area contributed by atoms with Gasteiger partial charge in [-0.25, -0.2) is 4.39 Å². The molecule has 0 unspecified atom stereocenters. The number of aromatic nitrogens is 1. The number of amides is 2. The standard InChI is InChI=1S/C26H28FN3O3/c1-26(2,29-24(31)21-10-3-4-11-22(21)27)25(32)30-13-14-33-17-18(16-30)15-20-8-5-7-19-9-6-12-28-23(19)20/h3-12,18H,13-17H2,1-2H3,(H,29,31)/t18-/m0/s1. The zero-order chi connectivity index (χ0) is 23.4. The maximum absolute atomic E-state index is 14.0. The monoisotopic (exact) mass is 449 g/mol. The van der Waals surface area contributed by atoms with Gasteiger partial charge in [0.25, 0.3) is 5.91 Å². The summed E-state index contributed by atoms with van der Waals surface area (Å²) in [5, 5.41) is 3.78. The molecule has 1 atom stereocenters. The highest BCUT2D eigenvalue weighted by atomic mass is 19.1. The van der Waals surface area contributed by atoms with Gasteiger partial charge in [-0.1, -0.05) is 36.4 Å². The second-order valence-electron chi connectivity index (χ2n) is 8.95. The maximum Gasteiger partial charge on any atom is 0.255 e. The van der Waals surface area contributed by atoms with E-state index in [4.69, 9.17) is 4.74 Å². The van der Waals surface area contributed by atoms with E-state index in [1.165, 1.54) is 18.2 Å². The third kappa shape index (κ3) is 5.20. The second kappa shape index (κ2) is 9.67. The van der Waals surface area contributed by atoms with Gasteiger partial charge >= 0.3 is 0 Å². The lowest BCUT2D eigenvalue weighted by Gasteiger charge is -2.33. The molecule has 2 heterocycles. The fourth-order valence-electron chi connectivity index (χ4n) is 4.28. The van der Waals surface area contributed by atoms with Gasteiger partial charge in [0.2, 0.25) is 5.91 Å². The van der Waals surface area contributed by atoms with E-state index in [2.05, 4.69) is 16.4 Å². The summed E-state index contributed by atoms with van der Waals surface area (Å²) in [6.07, 6.45) is 2.51. The van der Waals surface area contributed by atoms with Crippen molar-refractivity contribution in [2.24, 2.45) is 5.92 Å². The van der Waals surface area contributed by atoms with Crippen LogP contribution < -0.4 is 5.32 Å². The van der Waals surface area contributed by atoms with Crippen molar-refractivity contribution in [2.45, 2.75) is 25.8 Å². The molecule has 172 valence electrons. The van der Waals surface area contributed by atoms with Crippen LogP contribution in [0.15, 0.2) is 60.8 Å². The van der Waals surface area contributed by atoms with E-state index in [0.29, 0.717) is 26.3 Å². The summed E-state index contributed by atoms with van der Waals surface area (Å²) in [5.41, 5.74) is 0.788. The van der Waals surface area contributed by atoms with Crippen molar-refractivity contribution in [1.29, 1.82) is 0 Å². The van der Waals surface area contributed by atoms with Gasteiger partial charge < -0.3 is 15.0 Å². The van der Waals surface area contributed by atoms with Crippen molar-refractivity contribution in [3.63, 3.8) is 0 Å². The van der Waals surface area contributed by atoms with Crippen LogP contribution in [0, 0.1) is 11.7 Å². The summed E-state index contributed by atoms with van der Waals surface area (Å²) in [7, 11) is 0. The minimum absolute atomic E-state index is 0.0843. The first-order valence-corrected chi connectivity index (χ1v) is 11.1. The van der Waals surface area contributed by atoms with Gasteiger partial charge in [-0.3, -0.25) is 14.6 Å². The first-order chi connectivity index (χ1) is 15.8. The van der Waals surface area contributed by atoms with Crippen molar-refractivity contribution in [3.8, 4) is 0 Å². The zero-order valence-corrected chi connectivity index (χ0v) is 18.9. The Labute approximate surface area is 192 Å². The molecule has 0 bridgehead atoms. The number of para-hydroxylation sites is 1.